The maximum Gasteiger partial charge on any atom is 0.225 e. The van der Waals surface area contributed by atoms with E-state index in [0.717, 1.165) is 42.5 Å². The maximum absolute atomic E-state index is 16.5. The monoisotopic (exact) mass is 514 g/mol. The fourth-order valence-corrected chi connectivity index (χ4v) is 5.61. The molecule has 4 aromatic rings. The largest absolute Gasteiger partial charge is 0.508 e. The molecule has 0 spiro atoms. The van der Waals surface area contributed by atoms with Crippen molar-refractivity contribution >= 4 is 33.4 Å². The lowest BCUT2D eigenvalue weighted by atomic mass is 9.96. The van der Waals surface area contributed by atoms with E-state index in [1.165, 1.54) is 0 Å². The van der Waals surface area contributed by atoms with Crippen molar-refractivity contribution in [2.75, 3.05) is 43.9 Å². The highest BCUT2D eigenvalue weighted by Crippen LogP contribution is 2.38. The number of hydrogen-bond acceptors (Lipinski definition) is 7. The Labute approximate surface area is 222 Å². The molecule has 8 heteroatoms. The lowest BCUT2D eigenvalue weighted by Gasteiger charge is -2.35. The minimum Gasteiger partial charge on any atom is -0.508 e. The predicted molar refractivity (Wildman–Crippen MR) is 153 cm³/mol. The molecule has 3 N–H and O–H groups in total. The molecule has 198 valence electrons. The molecule has 2 aliphatic heterocycles. The minimum absolute atomic E-state index is 0.103. The van der Waals surface area contributed by atoms with Crippen molar-refractivity contribution in [2.45, 2.75) is 44.3 Å². The lowest BCUT2D eigenvalue weighted by molar-refractivity contribution is 0.210. The van der Waals surface area contributed by atoms with Gasteiger partial charge in [-0.1, -0.05) is 30.3 Å². The number of piperazine rings is 1. The molecule has 1 aromatic heterocycles. The molecule has 2 saturated heterocycles. The number of fused-ring (bicyclic) bond motifs is 4. The van der Waals surface area contributed by atoms with Gasteiger partial charge in [-0.2, -0.15) is 4.98 Å². The molecule has 6 rings (SSSR count). The van der Waals surface area contributed by atoms with Crippen LogP contribution in [0.25, 0.3) is 32.8 Å². The van der Waals surface area contributed by atoms with E-state index in [0.29, 0.717) is 41.1 Å². The van der Waals surface area contributed by atoms with Crippen LogP contribution in [0, 0.1) is 5.82 Å². The summed E-state index contributed by atoms with van der Waals surface area (Å²) in [5.74, 6) is 0.885. The van der Waals surface area contributed by atoms with Crippen molar-refractivity contribution < 1.29 is 9.50 Å². The Hall–Kier alpha value is -3.49. The predicted octanol–water partition coefficient (Wildman–Crippen LogP) is 4.99. The van der Waals surface area contributed by atoms with E-state index in [1.807, 2.05) is 44.4 Å². The molecule has 0 amide bonds. The second kappa shape index (κ2) is 9.36. The summed E-state index contributed by atoms with van der Waals surface area (Å²) in [6, 6.07) is 15.6. The first-order chi connectivity index (χ1) is 18.2. The van der Waals surface area contributed by atoms with Crippen molar-refractivity contribution in [3.05, 3.63) is 54.3 Å². The van der Waals surface area contributed by atoms with E-state index in [-0.39, 0.29) is 16.8 Å². The van der Waals surface area contributed by atoms with Crippen LogP contribution in [0.1, 0.15) is 26.7 Å². The SMILES string of the molecule is CN(C)C(C)(C)CNc1nc(N2CC3CCC(C2)N3)c2ccc(-c3cc(O)cc4ccccc34)c(F)c2n1. The smallest absolute Gasteiger partial charge is 0.225 e. The zero-order chi connectivity index (χ0) is 26.6. The Bertz CT molecular complexity index is 1510. The standard InChI is InChI=1S/C30H35FN6O/c1-30(2,36(3)4)17-32-29-34-27-24(28(35-29)37-15-19-9-10-20(16-37)33-19)12-11-23(26(27)31)25-14-21(38)13-18-7-5-6-8-22(18)25/h5-8,11-14,19-20,33,38H,9-10,15-17H2,1-4H3,(H,32,34,35). The summed E-state index contributed by atoms with van der Waals surface area (Å²) in [5.41, 5.74) is 1.20. The Morgan fingerprint density at radius 3 is 2.50 bits per heavy atom. The highest BCUT2D eigenvalue weighted by molar-refractivity contribution is 6.01. The molecule has 3 heterocycles. The topological polar surface area (TPSA) is 76.5 Å². The number of anilines is 2. The Morgan fingerprint density at radius 1 is 1.03 bits per heavy atom. The number of aromatic nitrogens is 2. The number of benzene rings is 3. The number of halogens is 1. The van der Waals surface area contributed by atoms with Gasteiger partial charge in [0.15, 0.2) is 5.82 Å². The molecule has 2 unspecified atom stereocenters. The number of likely N-dealkylation sites (N-methyl/N-ethyl adjacent to an activating group) is 1. The number of phenols is 1. The molecule has 3 aromatic carbocycles. The summed E-state index contributed by atoms with van der Waals surface area (Å²) in [7, 11) is 4.08. The third-order valence-electron chi connectivity index (χ3n) is 8.33. The maximum atomic E-state index is 16.5. The van der Waals surface area contributed by atoms with Crippen molar-refractivity contribution in [2.24, 2.45) is 0 Å². The molecule has 0 saturated carbocycles. The van der Waals surface area contributed by atoms with Gasteiger partial charge >= 0.3 is 0 Å². The zero-order valence-electron chi connectivity index (χ0n) is 22.4. The van der Waals surface area contributed by atoms with Gasteiger partial charge in [0.1, 0.15) is 17.1 Å². The number of nitrogens with one attached hydrogen (secondary N) is 2. The van der Waals surface area contributed by atoms with E-state index in [2.05, 4.69) is 34.3 Å². The number of phenolic OH excluding ortho intramolecular Hbond substituents is 1. The zero-order valence-corrected chi connectivity index (χ0v) is 22.4. The summed E-state index contributed by atoms with van der Waals surface area (Å²) >= 11 is 0. The van der Waals surface area contributed by atoms with Gasteiger partial charge in [-0.25, -0.2) is 9.37 Å². The first kappa shape index (κ1) is 24.8. The Balaban J connectivity index is 1.50. The van der Waals surface area contributed by atoms with Crippen LogP contribution in [0.4, 0.5) is 16.2 Å². The average molecular weight is 515 g/mol. The summed E-state index contributed by atoms with van der Waals surface area (Å²) in [6.07, 6.45) is 2.30. The van der Waals surface area contributed by atoms with Crippen LogP contribution >= 0.6 is 0 Å². The molecule has 0 aliphatic carbocycles. The second-order valence-corrected chi connectivity index (χ2v) is 11.5. The molecule has 0 radical (unpaired) electrons. The molecule has 38 heavy (non-hydrogen) atoms. The van der Waals surface area contributed by atoms with Crippen molar-refractivity contribution in [3.63, 3.8) is 0 Å². The van der Waals surface area contributed by atoms with Crippen molar-refractivity contribution in [1.82, 2.24) is 20.2 Å². The number of rotatable bonds is 6. The fourth-order valence-electron chi connectivity index (χ4n) is 5.61. The van der Waals surface area contributed by atoms with Crippen LogP contribution in [0.15, 0.2) is 48.5 Å². The first-order valence-corrected chi connectivity index (χ1v) is 13.3. The highest BCUT2D eigenvalue weighted by atomic mass is 19.1. The Morgan fingerprint density at radius 2 is 1.76 bits per heavy atom. The fraction of sp³-hybridized carbons (Fsp3) is 0.400. The molecular formula is C30H35FN6O. The van der Waals surface area contributed by atoms with Crippen LogP contribution in [-0.2, 0) is 0 Å². The number of nitrogens with zero attached hydrogens (tertiary/aromatic N) is 4. The normalized spacial score (nSPS) is 19.6. The van der Waals surface area contributed by atoms with Gasteiger partial charge in [0.05, 0.1) is 0 Å². The van der Waals surface area contributed by atoms with E-state index in [1.54, 1.807) is 18.2 Å². The van der Waals surface area contributed by atoms with Gasteiger partial charge in [-0.15, -0.1) is 0 Å². The number of hydrogen-bond donors (Lipinski definition) is 3. The van der Waals surface area contributed by atoms with Crippen LogP contribution in [0.3, 0.4) is 0 Å². The molecule has 7 nitrogen and oxygen atoms in total. The van der Waals surface area contributed by atoms with Gasteiger partial charge in [0.25, 0.3) is 0 Å². The summed E-state index contributed by atoms with van der Waals surface area (Å²) in [6.45, 7) is 6.57. The van der Waals surface area contributed by atoms with Crippen molar-refractivity contribution in [3.8, 4) is 16.9 Å². The second-order valence-electron chi connectivity index (χ2n) is 11.5. The highest BCUT2D eigenvalue weighted by Gasteiger charge is 2.34. The Kier molecular flexibility index (Phi) is 6.12. The summed E-state index contributed by atoms with van der Waals surface area (Å²) < 4.78 is 16.5. The molecule has 2 fully saturated rings. The van der Waals surface area contributed by atoms with Gasteiger partial charge in [-0.05, 0) is 75.3 Å². The van der Waals surface area contributed by atoms with E-state index >= 15 is 4.39 Å². The third kappa shape index (κ3) is 4.41. The van der Waals surface area contributed by atoms with E-state index in [9.17, 15) is 5.11 Å². The first-order valence-electron chi connectivity index (χ1n) is 13.3. The quantitative estimate of drug-likeness (QED) is 0.335. The molecule has 2 bridgehead atoms. The van der Waals surface area contributed by atoms with E-state index in [4.69, 9.17) is 9.97 Å². The van der Waals surface area contributed by atoms with Crippen molar-refractivity contribution in [1.29, 1.82) is 0 Å². The van der Waals surface area contributed by atoms with Gasteiger partial charge < -0.3 is 25.5 Å². The summed E-state index contributed by atoms with van der Waals surface area (Å²) in [4.78, 5) is 14.1. The van der Waals surface area contributed by atoms with E-state index < -0.39 is 5.82 Å². The van der Waals surface area contributed by atoms with Crippen LogP contribution < -0.4 is 15.5 Å². The van der Waals surface area contributed by atoms with Gasteiger partial charge in [0, 0.05) is 48.2 Å². The van der Waals surface area contributed by atoms with Crippen LogP contribution in [0.5, 0.6) is 5.75 Å². The third-order valence-corrected chi connectivity index (χ3v) is 8.33. The molecule has 2 atom stereocenters. The molecular weight excluding hydrogens is 479 g/mol. The van der Waals surface area contributed by atoms with Crippen LogP contribution in [0.2, 0.25) is 0 Å². The minimum atomic E-state index is -0.407. The average Bonchev–Trinajstić information content (AvgIpc) is 3.24. The van der Waals surface area contributed by atoms with Crippen LogP contribution in [-0.4, -0.2) is 71.3 Å². The van der Waals surface area contributed by atoms with Gasteiger partial charge in [0.2, 0.25) is 5.95 Å². The summed E-state index contributed by atoms with van der Waals surface area (Å²) in [5, 5.41) is 19.9. The lowest BCUT2D eigenvalue weighted by Crippen LogP contribution is -2.51. The van der Waals surface area contributed by atoms with Gasteiger partial charge in [-0.3, -0.25) is 0 Å². The number of aromatic hydroxyl groups is 1. The molecule has 2 aliphatic rings.